The molecule has 5 rings (SSSR count). The molecule has 160 valence electrons. The average Bonchev–Trinajstić information content (AvgIpc) is 3.23. The number of nitrogens with zero attached hydrogens (tertiary/aromatic N) is 1. The molecule has 0 saturated carbocycles. The third kappa shape index (κ3) is 4.10. The Morgan fingerprint density at radius 3 is 2.44 bits per heavy atom. The predicted octanol–water partition coefficient (Wildman–Crippen LogP) is 5.92. The number of aromatic nitrogens is 1. The average molecular weight is 424 g/mol. The van der Waals surface area contributed by atoms with Crippen LogP contribution in [0, 0.1) is 0 Å². The highest BCUT2D eigenvalue weighted by atomic mass is 16.5. The highest BCUT2D eigenvalue weighted by Gasteiger charge is 2.26. The Morgan fingerprint density at radius 1 is 0.938 bits per heavy atom. The van der Waals surface area contributed by atoms with Crippen molar-refractivity contribution in [3.63, 3.8) is 0 Å². The number of rotatable bonds is 6. The number of benzene rings is 3. The van der Waals surface area contributed by atoms with Crippen molar-refractivity contribution in [3.05, 3.63) is 113 Å². The molecular formula is C28H25NO3. The molecule has 0 saturated heterocycles. The van der Waals surface area contributed by atoms with Gasteiger partial charge in [-0.3, -0.25) is 0 Å². The van der Waals surface area contributed by atoms with Crippen LogP contribution in [0.25, 0.3) is 16.9 Å². The first-order valence-electron chi connectivity index (χ1n) is 11.0. The van der Waals surface area contributed by atoms with Gasteiger partial charge in [0.05, 0.1) is 24.0 Å². The summed E-state index contributed by atoms with van der Waals surface area (Å²) in [7, 11) is 0. The Kier molecular flexibility index (Phi) is 5.61. The van der Waals surface area contributed by atoms with Crippen molar-refractivity contribution in [2.24, 2.45) is 0 Å². The quantitative estimate of drug-likeness (QED) is 0.419. The van der Waals surface area contributed by atoms with E-state index in [4.69, 9.17) is 4.74 Å². The van der Waals surface area contributed by atoms with Crippen molar-refractivity contribution < 1.29 is 14.6 Å². The summed E-state index contributed by atoms with van der Waals surface area (Å²) in [5.74, 6) is -0.913. The van der Waals surface area contributed by atoms with Crippen LogP contribution in [0.5, 0.6) is 0 Å². The summed E-state index contributed by atoms with van der Waals surface area (Å²) in [5.41, 5.74) is 7.08. The molecule has 32 heavy (non-hydrogen) atoms. The molecule has 1 aliphatic carbocycles. The topological polar surface area (TPSA) is 51.5 Å². The van der Waals surface area contributed by atoms with Gasteiger partial charge in [0, 0.05) is 17.8 Å². The molecule has 4 nitrogen and oxygen atoms in total. The number of fused-ring (bicyclic) bond motifs is 1. The molecule has 0 bridgehead atoms. The van der Waals surface area contributed by atoms with Crippen LogP contribution in [0.2, 0.25) is 0 Å². The molecule has 4 aromatic rings. The third-order valence-corrected chi connectivity index (χ3v) is 6.09. The fraction of sp³-hybridized carbons (Fsp3) is 0.179. The minimum Gasteiger partial charge on any atom is -0.478 e. The lowest BCUT2D eigenvalue weighted by molar-refractivity contribution is 0.0316. The van der Waals surface area contributed by atoms with Gasteiger partial charge in [-0.25, -0.2) is 4.79 Å². The third-order valence-electron chi connectivity index (χ3n) is 6.09. The van der Waals surface area contributed by atoms with E-state index < -0.39 is 5.97 Å². The van der Waals surface area contributed by atoms with Crippen molar-refractivity contribution in [1.82, 2.24) is 4.57 Å². The first-order chi connectivity index (χ1) is 15.7. The standard InChI is InChI=1S/C28H25NO3/c30-28(31)22-12-7-13-24(16-22)29-26-15-14-25(32-19-20-8-3-1-4-9-20)17-23(26)18-27(29)21-10-5-2-6-11-21/h1-13,16,18,25H,14-15,17,19H2,(H,30,31). The highest BCUT2D eigenvalue weighted by molar-refractivity contribution is 5.88. The molecule has 1 N–H and O–H groups in total. The van der Waals surface area contributed by atoms with Gasteiger partial charge in [0.15, 0.2) is 0 Å². The van der Waals surface area contributed by atoms with E-state index in [0.29, 0.717) is 12.2 Å². The van der Waals surface area contributed by atoms with Crippen molar-refractivity contribution in [1.29, 1.82) is 0 Å². The van der Waals surface area contributed by atoms with Crippen molar-refractivity contribution in [2.75, 3.05) is 0 Å². The zero-order valence-electron chi connectivity index (χ0n) is 17.8. The molecular weight excluding hydrogens is 398 g/mol. The van der Waals surface area contributed by atoms with Crippen LogP contribution in [0.1, 0.15) is 33.6 Å². The van der Waals surface area contributed by atoms with Crippen LogP contribution in [0.4, 0.5) is 0 Å². The summed E-state index contributed by atoms with van der Waals surface area (Å²) in [6.45, 7) is 0.619. The van der Waals surface area contributed by atoms with Crippen molar-refractivity contribution in [3.8, 4) is 16.9 Å². The summed E-state index contributed by atoms with van der Waals surface area (Å²) in [4.78, 5) is 11.6. The van der Waals surface area contributed by atoms with Gasteiger partial charge in [-0.2, -0.15) is 0 Å². The lowest BCUT2D eigenvalue weighted by atomic mass is 9.95. The number of carboxylic acid groups (broad SMARTS) is 1. The maximum atomic E-state index is 11.6. The SMILES string of the molecule is O=C(O)c1cccc(-n2c(-c3ccccc3)cc3c2CCC(OCc2ccccc2)C3)c1. The van der Waals surface area contributed by atoms with Crippen LogP contribution in [0.3, 0.4) is 0 Å². The van der Waals surface area contributed by atoms with Crippen LogP contribution < -0.4 is 0 Å². The summed E-state index contributed by atoms with van der Waals surface area (Å²) in [5, 5.41) is 9.49. The van der Waals surface area contributed by atoms with E-state index >= 15 is 0 Å². The van der Waals surface area contributed by atoms with Gasteiger partial charge in [-0.1, -0.05) is 66.7 Å². The fourth-order valence-corrected chi connectivity index (χ4v) is 4.52. The second kappa shape index (κ2) is 8.85. The lowest BCUT2D eigenvalue weighted by Gasteiger charge is -2.24. The first-order valence-corrected chi connectivity index (χ1v) is 11.0. The van der Waals surface area contributed by atoms with Crippen molar-refractivity contribution in [2.45, 2.75) is 32.0 Å². The van der Waals surface area contributed by atoms with E-state index in [0.717, 1.165) is 36.2 Å². The second-order valence-corrected chi connectivity index (χ2v) is 8.22. The largest absolute Gasteiger partial charge is 0.478 e. The predicted molar refractivity (Wildman–Crippen MR) is 125 cm³/mol. The number of carboxylic acids is 1. The second-order valence-electron chi connectivity index (χ2n) is 8.22. The van der Waals surface area contributed by atoms with E-state index in [9.17, 15) is 9.90 Å². The molecule has 0 fully saturated rings. The van der Waals surface area contributed by atoms with E-state index in [-0.39, 0.29) is 6.10 Å². The molecule has 1 unspecified atom stereocenters. The molecule has 1 aromatic heterocycles. The molecule has 4 heteroatoms. The zero-order chi connectivity index (χ0) is 21.9. The summed E-state index contributed by atoms with van der Waals surface area (Å²) >= 11 is 0. The van der Waals surface area contributed by atoms with Crippen LogP contribution >= 0.6 is 0 Å². The monoisotopic (exact) mass is 423 g/mol. The van der Waals surface area contributed by atoms with E-state index in [1.807, 2.05) is 48.5 Å². The number of hydrogen-bond acceptors (Lipinski definition) is 2. The first kappa shape index (κ1) is 20.3. The molecule has 3 aromatic carbocycles. The normalized spacial score (nSPS) is 15.3. The van der Waals surface area contributed by atoms with E-state index in [2.05, 4.69) is 34.9 Å². The summed E-state index contributed by atoms with van der Waals surface area (Å²) < 4.78 is 8.48. The summed E-state index contributed by atoms with van der Waals surface area (Å²) in [6.07, 6.45) is 2.86. The van der Waals surface area contributed by atoms with Crippen LogP contribution in [-0.2, 0) is 24.2 Å². The Hall–Kier alpha value is -3.63. The van der Waals surface area contributed by atoms with Gasteiger partial charge in [0.25, 0.3) is 0 Å². The molecule has 1 atom stereocenters. The fourth-order valence-electron chi connectivity index (χ4n) is 4.52. The Labute approximate surface area is 187 Å². The van der Waals surface area contributed by atoms with Gasteiger partial charge in [0.1, 0.15) is 0 Å². The van der Waals surface area contributed by atoms with Crippen LogP contribution in [0.15, 0.2) is 91.0 Å². The van der Waals surface area contributed by atoms with Gasteiger partial charge in [0.2, 0.25) is 0 Å². The molecule has 0 spiro atoms. The van der Waals surface area contributed by atoms with Gasteiger partial charge in [-0.15, -0.1) is 0 Å². The van der Waals surface area contributed by atoms with Gasteiger partial charge >= 0.3 is 5.97 Å². The molecule has 0 radical (unpaired) electrons. The lowest BCUT2D eigenvalue weighted by Crippen LogP contribution is -2.23. The smallest absolute Gasteiger partial charge is 0.335 e. The maximum absolute atomic E-state index is 11.6. The van der Waals surface area contributed by atoms with E-state index in [1.165, 1.54) is 16.8 Å². The minimum atomic E-state index is -0.913. The Morgan fingerprint density at radius 2 is 1.69 bits per heavy atom. The van der Waals surface area contributed by atoms with Crippen LogP contribution in [-0.4, -0.2) is 21.7 Å². The molecule has 1 aliphatic rings. The summed E-state index contributed by atoms with van der Waals surface area (Å²) in [6, 6.07) is 30.0. The number of carbonyl (C=O) groups is 1. The van der Waals surface area contributed by atoms with Gasteiger partial charge < -0.3 is 14.4 Å². The van der Waals surface area contributed by atoms with Gasteiger partial charge in [-0.05, 0) is 53.8 Å². The molecule has 0 amide bonds. The Balaban J connectivity index is 1.50. The Bertz CT molecular complexity index is 1230. The van der Waals surface area contributed by atoms with Crippen molar-refractivity contribution >= 4 is 5.97 Å². The maximum Gasteiger partial charge on any atom is 0.335 e. The number of ether oxygens (including phenoxy) is 1. The van der Waals surface area contributed by atoms with E-state index in [1.54, 1.807) is 12.1 Å². The highest BCUT2D eigenvalue weighted by Crippen LogP contribution is 2.35. The molecule has 0 aliphatic heterocycles. The zero-order valence-corrected chi connectivity index (χ0v) is 17.8. The number of hydrogen-bond donors (Lipinski definition) is 1. The minimum absolute atomic E-state index is 0.174. The molecule has 1 heterocycles. The number of aromatic carboxylic acids is 1.